The van der Waals surface area contributed by atoms with Gasteiger partial charge in [0.1, 0.15) is 0 Å². The van der Waals surface area contributed by atoms with E-state index in [0.717, 1.165) is 5.56 Å². The molecule has 0 aromatic heterocycles. The first-order valence-corrected chi connectivity index (χ1v) is 8.89. The van der Waals surface area contributed by atoms with Gasteiger partial charge < -0.3 is 19.6 Å². The Kier molecular flexibility index (Phi) is 5.60. The molecule has 2 fully saturated rings. The molecule has 2 aliphatic rings. The number of amides is 2. The minimum atomic E-state index is -0.227. The predicted octanol–water partition coefficient (Wildman–Crippen LogP) is 0.890. The van der Waals surface area contributed by atoms with Crippen LogP contribution in [0.1, 0.15) is 29.3 Å². The number of nitrogens with zero attached hydrogens (tertiary/aromatic N) is 2. The lowest BCUT2D eigenvalue weighted by Gasteiger charge is -2.44. The molecule has 138 valence electrons. The second-order valence-corrected chi connectivity index (χ2v) is 6.87. The third kappa shape index (κ3) is 3.46. The maximum Gasteiger partial charge on any atom is 0.254 e. The minimum absolute atomic E-state index is 0.0304. The number of ether oxygens (including phenoxy) is 1. The van der Waals surface area contributed by atoms with Crippen LogP contribution in [0.2, 0.25) is 0 Å². The molecule has 2 saturated heterocycles. The summed E-state index contributed by atoms with van der Waals surface area (Å²) < 4.78 is 5.60. The van der Waals surface area contributed by atoms with Crippen LogP contribution in [0, 0.1) is 18.3 Å². The van der Waals surface area contributed by atoms with Crippen LogP contribution in [0.15, 0.2) is 24.3 Å². The molecule has 2 aliphatic heterocycles. The molecule has 2 heterocycles. The average molecular weight is 356 g/mol. The van der Waals surface area contributed by atoms with Crippen molar-refractivity contribution in [3.63, 3.8) is 0 Å². The Hall–Kier alpha value is -2.36. The molecule has 3 rings (SSSR count). The van der Waals surface area contributed by atoms with E-state index < -0.39 is 0 Å². The van der Waals surface area contributed by atoms with Gasteiger partial charge in [-0.1, -0.05) is 19.1 Å². The van der Waals surface area contributed by atoms with E-state index in [-0.39, 0.29) is 36.4 Å². The van der Waals surface area contributed by atoms with Gasteiger partial charge in [-0.15, -0.1) is 12.3 Å². The molecule has 1 aromatic rings. The summed E-state index contributed by atoms with van der Waals surface area (Å²) in [4.78, 5) is 29.3. The van der Waals surface area contributed by atoms with Crippen molar-refractivity contribution >= 4 is 11.8 Å². The fourth-order valence-corrected chi connectivity index (χ4v) is 3.67. The van der Waals surface area contributed by atoms with Crippen molar-refractivity contribution in [2.45, 2.75) is 32.0 Å². The third-order valence-corrected chi connectivity index (χ3v) is 5.18. The molecule has 0 radical (unpaired) electrons. The van der Waals surface area contributed by atoms with Crippen LogP contribution in [0.4, 0.5) is 0 Å². The summed E-state index contributed by atoms with van der Waals surface area (Å²) in [6, 6.07) is 6.68. The highest BCUT2D eigenvalue weighted by atomic mass is 16.5. The summed E-state index contributed by atoms with van der Waals surface area (Å²) in [6.45, 7) is 3.61. The van der Waals surface area contributed by atoms with E-state index in [1.54, 1.807) is 29.2 Å². The zero-order chi connectivity index (χ0) is 18.7. The van der Waals surface area contributed by atoms with E-state index in [1.807, 2.05) is 11.8 Å². The van der Waals surface area contributed by atoms with Gasteiger partial charge in [0.25, 0.3) is 5.91 Å². The molecule has 0 aliphatic carbocycles. The number of aliphatic hydroxyl groups excluding tert-OH is 1. The Morgan fingerprint density at radius 1 is 1.23 bits per heavy atom. The lowest BCUT2D eigenvalue weighted by molar-refractivity contribution is -0.140. The van der Waals surface area contributed by atoms with E-state index in [0.29, 0.717) is 38.3 Å². The van der Waals surface area contributed by atoms with Crippen LogP contribution in [0.25, 0.3) is 0 Å². The van der Waals surface area contributed by atoms with E-state index in [1.165, 1.54) is 0 Å². The maximum atomic E-state index is 12.9. The molecule has 0 bridgehead atoms. The number of terminal acetylenes is 1. The van der Waals surface area contributed by atoms with Crippen LogP contribution >= 0.6 is 0 Å². The highest BCUT2D eigenvalue weighted by Gasteiger charge is 2.45. The number of hydrogen-bond acceptors (Lipinski definition) is 4. The summed E-state index contributed by atoms with van der Waals surface area (Å²) in [5.74, 6) is 2.28. The fourth-order valence-electron chi connectivity index (χ4n) is 3.67. The van der Waals surface area contributed by atoms with Crippen LogP contribution in [-0.2, 0) is 16.1 Å². The summed E-state index contributed by atoms with van der Waals surface area (Å²) >= 11 is 0. The first-order valence-electron chi connectivity index (χ1n) is 8.89. The molecular formula is C20H24N2O4. The molecule has 3 atom stereocenters. The van der Waals surface area contributed by atoms with E-state index in [4.69, 9.17) is 16.3 Å². The van der Waals surface area contributed by atoms with Gasteiger partial charge in [-0.3, -0.25) is 9.59 Å². The number of carbonyl (C=O) groups excluding carboxylic acids is 2. The lowest BCUT2D eigenvalue weighted by atomic mass is 9.99. The van der Waals surface area contributed by atoms with E-state index in [2.05, 4.69) is 5.92 Å². The highest BCUT2D eigenvalue weighted by molar-refractivity contribution is 5.95. The van der Waals surface area contributed by atoms with Crippen LogP contribution in [0.5, 0.6) is 0 Å². The van der Waals surface area contributed by atoms with E-state index in [9.17, 15) is 9.59 Å². The Morgan fingerprint density at radius 3 is 2.46 bits per heavy atom. The van der Waals surface area contributed by atoms with Crippen molar-refractivity contribution in [3.05, 3.63) is 35.4 Å². The number of rotatable bonds is 4. The molecule has 6 heteroatoms. The second kappa shape index (κ2) is 7.90. The first kappa shape index (κ1) is 18.4. The topological polar surface area (TPSA) is 70.1 Å². The van der Waals surface area contributed by atoms with Crippen LogP contribution in [0.3, 0.4) is 0 Å². The number of fused-ring (bicyclic) bond motifs is 1. The first-order chi connectivity index (χ1) is 12.6. The van der Waals surface area contributed by atoms with E-state index >= 15 is 0 Å². The summed E-state index contributed by atoms with van der Waals surface area (Å²) in [5, 5.41) is 9.14. The lowest BCUT2D eigenvalue weighted by Crippen LogP contribution is -2.62. The number of carbonyl (C=O) groups is 2. The molecule has 1 N–H and O–H groups in total. The fraction of sp³-hybridized carbons (Fsp3) is 0.500. The van der Waals surface area contributed by atoms with Crippen molar-refractivity contribution in [3.8, 4) is 12.3 Å². The summed E-state index contributed by atoms with van der Waals surface area (Å²) in [6.07, 6.45) is 5.75. The molecule has 26 heavy (non-hydrogen) atoms. The van der Waals surface area contributed by atoms with Crippen molar-refractivity contribution in [1.29, 1.82) is 0 Å². The average Bonchev–Trinajstić information content (AvgIpc) is 3.16. The number of hydrogen-bond donors (Lipinski definition) is 1. The zero-order valence-corrected chi connectivity index (χ0v) is 14.9. The maximum absolute atomic E-state index is 12.9. The largest absolute Gasteiger partial charge is 0.392 e. The number of aliphatic hydroxyl groups is 1. The Labute approximate surface area is 153 Å². The SMILES string of the molecule is C#CC[C@H](C)C(=O)N1CCN(C(=O)c2ccc(CO)cc2)[C@@H]2COC[C@@H]21. The van der Waals surface area contributed by atoms with Gasteiger partial charge in [-0.25, -0.2) is 0 Å². The molecule has 0 spiro atoms. The van der Waals surface area contributed by atoms with Gasteiger partial charge >= 0.3 is 0 Å². The monoisotopic (exact) mass is 356 g/mol. The highest BCUT2D eigenvalue weighted by Crippen LogP contribution is 2.27. The smallest absolute Gasteiger partial charge is 0.254 e. The van der Waals surface area contributed by atoms with Crippen molar-refractivity contribution < 1.29 is 19.4 Å². The Balaban J connectivity index is 1.75. The molecule has 2 amide bonds. The molecule has 1 aromatic carbocycles. The van der Waals surface area contributed by atoms with Crippen LogP contribution in [-0.4, -0.2) is 65.1 Å². The number of piperazine rings is 1. The molecule has 0 saturated carbocycles. The van der Waals surface area contributed by atoms with Gasteiger partial charge in [-0.05, 0) is 17.7 Å². The second-order valence-electron chi connectivity index (χ2n) is 6.87. The van der Waals surface area contributed by atoms with Crippen molar-refractivity contribution in [1.82, 2.24) is 9.80 Å². The van der Waals surface area contributed by atoms with Crippen LogP contribution < -0.4 is 0 Å². The van der Waals surface area contributed by atoms with Gasteiger partial charge in [0, 0.05) is 31.0 Å². The zero-order valence-electron chi connectivity index (χ0n) is 14.9. The summed E-state index contributed by atoms with van der Waals surface area (Å²) in [7, 11) is 0. The standard InChI is InChI=1S/C20H24N2O4/c1-3-4-14(2)19(24)21-9-10-22(18-13-26-12-17(18)21)20(25)16-7-5-15(11-23)6-8-16/h1,5-8,14,17-18,23H,4,9-13H2,2H3/t14-,17-,18+/m0/s1. The predicted molar refractivity (Wildman–Crippen MR) is 96.1 cm³/mol. The quantitative estimate of drug-likeness (QED) is 0.814. The Morgan fingerprint density at radius 2 is 1.85 bits per heavy atom. The minimum Gasteiger partial charge on any atom is -0.392 e. The van der Waals surface area contributed by atoms with Crippen molar-refractivity contribution in [2.75, 3.05) is 26.3 Å². The molecule has 6 nitrogen and oxygen atoms in total. The van der Waals surface area contributed by atoms with Crippen molar-refractivity contribution in [2.24, 2.45) is 5.92 Å². The van der Waals surface area contributed by atoms with Gasteiger partial charge in [0.15, 0.2) is 0 Å². The van der Waals surface area contributed by atoms with Gasteiger partial charge in [0.2, 0.25) is 5.91 Å². The number of benzene rings is 1. The van der Waals surface area contributed by atoms with Gasteiger partial charge in [-0.2, -0.15) is 0 Å². The van der Waals surface area contributed by atoms with Gasteiger partial charge in [0.05, 0.1) is 31.9 Å². The molecular weight excluding hydrogens is 332 g/mol. The summed E-state index contributed by atoms with van der Waals surface area (Å²) in [5.41, 5.74) is 1.34. The third-order valence-electron chi connectivity index (χ3n) is 5.18. The molecule has 0 unspecified atom stereocenters. The normalized spacial score (nSPS) is 23.3. The Bertz CT molecular complexity index is 710.